The first-order valence-electron chi connectivity index (χ1n) is 7.25. The van der Waals surface area contributed by atoms with Crippen molar-refractivity contribution in [2.24, 2.45) is 4.99 Å². The van der Waals surface area contributed by atoms with Crippen LogP contribution in [0.1, 0.15) is 10.0 Å². The van der Waals surface area contributed by atoms with Crippen molar-refractivity contribution in [3.63, 3.8) is 0 Å². The SMILES string of the molecule is CN=C(NCCSCc1nccs1)NCCSCc1nccs1. The number of rotatable bonds is 10. The van der Waals surface area contributed by atoms with E-state index in [0.29, 0.717) is 0 Å². The summed E-state index contributed by atoms with van der Waals surface area (Å²) in [5.74, 6) is 4.92. The van der Waals surface area contributed by atoms with Crippen LogP contribution in [0.3, 0.4) is 0 Å². The Morgan fingerprint density at radius 1 is 1.00 bits per heavy atom. The second-order valence-electron chi connectivity index (χ2n) is 4.38. The molecule has 2 aromatic rings. The Kier molecular flexibility index (Phi) is 9.46. The number of aromatic nitrogens is 2. The molecule has 2 aromatic heterocycles. The maximum Gasteiger partial charge on any atom is 0.191 e. The van der Waals surface area contributed by atoms with Gasteiger partial charge < -0.3 is 10.6 Å². The second-order valence-corrected chi connectivity index (χ2v) is 8.55. The molecule has 0 unspecified atom stereocenters. The van der Waals surface area contributed by atoms with E-state index in [-0.39, 0.29) is 0 Å². The Morgan fingerprint density at radius 2 is 1.52 bits per heavy atom. The molecule has 2 N–H and O–H groups in total. The summed E-state index contributed by atoms with van der Waals surface area (Å²) >= 11 is 7.20. The number of thioether (sulfide) groups is 2. The number of nitrogens with zero attached hydrogens (tertiary/aromatic N) is 3. The lowest BCUT2D eigenvalue weighted by Crippen LogP contribution is -2.39. The lowest BCUT2D eigenvalue weighted by Gasteiger charge is -2.11. The van der Waals surface area contributed by atoms with Gasteiger partial charge in [0.1, 0.15) is 10.0 Å². The molecule has 0 aliphatic heterocycles. The van der Waals surface area contributed by atoms with Crippen LogP contribution in [-0.4, -0.2) is 47.6 Å². The molecular formula is C14H21N5S4. The molecule has 2 heterocycles. The Labute approximate surface area is 153 Å². The third kappa shape index (κ3) is 8.05. The van der Waals surface area contributed by atoms with E-state index in [1.54, 1.807) is 29.7 Å². The van der Waals surface area contributed by atoms with Crippen LogP contribution in [-0.2, 0) is 11.5 Å². The zero-order chi connectivity index (χ0) is 16.2. The maximum atomic E-state index is 4.28. The standard InChI is InChI=1S/C14H21N5S4/c1-15-14(18-2-6-20-10-12-16-4-8-22-12)19-3-7-21-11-13-17-5-9-23-13/h4-5,8-9H,2-3,6-7,10-11H2,1H3,(H2,15,18,19). The predicted octanol–water partition coefficient (Wildman–Crippen LogP) is 2.93. The second kappa shape index (κ2) is 11.7. The molecule has 2 rings (SSSR count). The molecule has 0 bridgehead atoms. The van der Waals surface area contributed by atoms with Gasteiger partial charge >= 0.3 is 0 Å². The third-order valence-electron chi connectivity index (χ3n) is 2.72. The van der Waals surface area contributed by atoms with Crippen LogP contribution in [0, 0.1) is 0 Å². The molecule has 126 valence electrons. The fourth-order valence-corrected chi connectivity index (χ4v) is 4.80. The fraction of sp³-hybridized carbons (Fsp3) is 0.500. The summed E-state index contributed by atoms with van der Waals surface area (Å²) in [5, 5.41) is 13.1. The molecule has 0 saturated heterocycles. The molecule has 0 aliphatic rings. The van der Waals surface area contributed by atoms with Crippen LogP contribution in [0.4, 0.5) is 0 Å². The number of guanidine groups is 1. The molecule has 0 spiro atoms. The molecule has 0 fully saturated rings. The third-order valence-corrected chi connectivity index (χ3v) is 6.58. The Balaban J connectivity index is 1.46. The Hall–Kier alpha value is -0.770. The van der Waals surface area contributed by atoms with E-state index in [2.05, 4.69) is 25.6 Å². The van der Waals surface area contributed by atoms with Gasteiger partial charge in [0.2, 0.25) is 0 Å². The van der Waals surface area contributed by atoms with Crippen LogP contribution in [0.5, 0.6) is 0 Å². The molecule has 0 saturated carbocycles. The summed E-state index contributed by atoms with van der Waals surface area (Å²) in [6.45, 7) is 1.81. The molecule has 0 aliphatic carbocycles. The highest BCUT2D eigenvalue weighted by atomic mass is 32.2. The van der Waals surface area contributed by atoms with Gasteiger partial charge in [-0.3, -0.25) is 4.99 Å². The lowest BCUT2D eigenvalue weighted by atomic mass is 10.6. The van der Waals surface area contributed by atoms with Crippen molar-refractivity contribution in [1.29, 1.82) is 0 Å². The van der Waals surface area contributed by atoms with Gasteiger partial charge in [-0.1, -0.05) is 0 Å². The zero-order valence-electron chi connectivity index (χ0n) is 13.0. The van der Waals surface area contributed by atoms with E-state index in [4.69, 9.17) is 0 Å². The van der Waals surface area contributed by atoms with Crippen molar-refractivity contribution < 1.29 is 0 Å². The predicted molar refractivity (Wildman–Crippen MR) is 106 cm³/mol. The molecule has 0 atom stereocenters. The van der Waals surface area contributed by atoms with E-state index in [1.165, 1.54) is 10.0 Å². The van der Waals surface area contributed by atoms with Crippen LogP contribution in [0.15, 0.2) is 28.1 Å². The van der Waals surface area contributed by atoms with Crippen LogP contribution in [0.25, 0.3) is 0 Å². The van der Waals surface area contributed by atoms with Crippen molar-refractivity contribution in [2.75, 3.05) is 31.6 Å². The smallest absolute Gasteiger partial charge is 0.191 e. The highest BCUT2D eigenvalue weighted by Gasteiger charge is 2.00. The van der Waals surface area contributed by atoms with E-state index >= 15 is 0 Å². The molecule has 23 heavy (non-hydrogen) atoms. The van der Waals surface area contributed by atoms with E-state index in [0.717, 1.165) is 42.1 Å². The normalized spacial score (nSPS) is 10.5. The topological polar surface area (TPSA) is 62.2 Å². The molecule has 5 nitrogen and oxygen atoms in total. The summed E-state index contributed by atoms with van der Waals surface area (Å²) in [7, 11) is 1.81. The summed E-state index contributed by atoms with van der Waals surface area (Å²) in [5.41, 5.74) is 0. The average molecular weight is 388 g/mol. The number of aliphatic imine (C=N–C) groups is 1. The summed E-state index contributed by atoms with van der Waals surface area (Å²) < 4.78 is 0. The van der Waals surface area contributed by atoms with Crippen molar-refractivity contribution in [3.05, 3.63) is 33.2 Å². The van der Waals surface area contributed by atoms with Gasteiger partial charge in [0.05, 0.1) is 0 Å². The molecule has 0 aromatic carbocycles. The number of hydrogen-bond acceptors (Lipinski definition) is 7. The van der Waals surface area contributed by atoms with Crippen LogP contribution >= 0.6 is 46.2 Å². The quantitative estimate of drug-likeness (QED) is 0.371. The van der Waals surface area contributed by atoms with Gasteiger partial charge in [0.15, 0.2) is 5.96 Å². The van der Waals surface area contributed by atoms with Crippen molar-refractivity contribution in [1.82, 2.24) is 20.6 Å². The molecule has 0 radical (unpaired) electrons. The Morgan fingerprint density at radius 3 is 1.91 bits per heavy atom. The largest absolute Gasteiger partial charge is 0.356 e. The highest BCUT2D eigenvalue weighted by Crippen LogP contribution is 2.14. The summed E-state index contributed by atoms with van der Waals surface area (Å²) in [6.07, 6.45) is 3.72. The van der Waals surface area contributed by atoms with Gasteiger partial charge in [-0.25, -0.2) is 9.97 Å². The van der Waals surface area contributed by atoms with E-state index in [1.807, 2.05) is 46.7 Å². The van der Waals surface area contributed by atoms with Gasteiger partial charge in [0.25, 0.3) is 0 Å². The minimum Gasteiger partial charge on any atom is -0.356 e. The first-order valence-corrected chi connectivity index (χ1v) is 11.3. The van der Waals surface area contributed by atoms with Crippen molar-refractivity contribution in [2.45, 2.75) is 11.5 Å². The van der Waals surface area contributed by atoms with Crippen LogP contribution in [0.2, 0.25) is 0 Å². The van der Waals surface area contributed by atoms with Crippen LogP contribution < -0.4 is 10.6 Å². The number of nitrogens with one attached hydrogen (secondary N) is 2. The minimum absolute atomic E-state index is 0.870. The van der Waals surface area contributed by atoms with Gasteiger partial charge in [0, 0.05) is 66.3 Å². The van der Waals surface area contributed by atoms with Gasteiger partial charge in [-0.2, -0.15) is 23.5 Å². The fourth-order valence-electron chi connectivity index (χ4n) is 1.67. The van der Waals surface area contributed by atoms with E-state index < -0.39 is 0 Å². The lowest BCUT2D eigenvalue weighted by molar-refractivity contribution is 0.864. The molecular weight excluding hydrogens is 366 g/mol. The van der Waals surface area contributed by atoms with E-state index in [9.17, 15) is 0 Å². The minimum atomic E-state index is 0.870. The first-order chi connectivity index (χ1) is 11.4. The summed E-state index contributed by atoms with van der Waals surface area (Å²) in [4.78, 5) is 12.8. The highest BCUT2D eigenvalue weighted by molar-refractivity contribution is 7.98. The number of hydrogen-bond donors (Lipinski definition) is 2. The maximum absolute atomic E-state index is 4.28. The van der Waals surface area contributed by atoms with Crippen molar-refractivity contribution in [3.8, 4) is 0 Å². The van der Waals surface area contributed by atoms with Gasteiger partial charge in [-0.15, -0.1) is 22.7 Å². The molecule has 0 amide bonds. The molecule has 9 heteroatoms. The first kappa shape index (κ1) is 18.6. The monoisotopic (exact) mass is 387 g/mol. The number of thiazole rings is 2. The Bertz CT molecular complexity index is 495. The summed E-state index contributed by atoms with van der Waals surface area (Å²) in [6, 6.07) is 0. The zero-order valence-corrected chi connectivity index (χ0v) is 16.3. The van der Waals surface area contributed by atoms with Gasteiger partial charge in [-0.05, 0) is 0 Å². The van der Waals surface area contributed by atoms with Crippen molar-refractivity contribution >= 4 is 52.2 Å². The average Bonchev–Trinajstić information content (AvgIpc) is 3.26.